The average Bonchev–Trinajstić information content (AvgIpc) is 1.85. The lowest BCUT2D eigenvalue weighted by atomic mass is 10.6. The summed E-state index contributed by atoms with van der Waals surface area (Å²) in [6, 6.07) is -2.91. The molecule has 0 spiro atoms. The van der Waals surface area contributed by atoms with Gasteiger partial charge in [-0.25, -0.2) is 4.79 Å². The highest BCUT2D eigenvalue weighted by atomic mass is 19.3. The molecule has 0 aromatic heterocycles. The van der Waals surface area contributed by atoms with Crippen molar-refractivity contribution in [3.05, 3.63) is 12.1 Å². The lowest BCUT2D eigenvalue weighted by Crippen LogP contribution is -2.30. The summed E-state index contributed by atoms with van der Waals surface area (Å²) in [5.41, 5.74) is 0. The van der Waals surface area contributed by atoms with Crippen LogP contribution in [0.4, 0.5) is 22.0 Å². The van der Waals surface area contributed by atoms with E-state index < -0.39 is 24.2 Å². The van der Waals surface area contributed by atoms with Gasteiger partial charge in [-0.05, 0) is 0 Å². The van der Waals surface area contributed by atoms with Gasteiger partial charge in [-0.15, -0.1) is 0 Å². The van der Waals surface area contributed by atoms with Crippen molar-refractivity contribution in [1.29, 1.82) is 0 Å². The molecule has 0 saturated carbocycles. The van der Waals surface area contributed by atoms with Crippen molar-refractivity contribution in [3.8, 4) is 0 Å². The molecular formula is C4HF5O3. The van der Waals surface area contributed by atoms with Gasteiger partial charge in [0.2, 0.25) is 0 Å². The molecule has 0 amide bonds. The molecule has 8 heteroatoms. The van der Waals surface area contributed by atoms with E-state index in [1.54, 1.807) is 0 Å². The normalized spacial score (nSPS) is 10.8. The molecule has 0 heterocycles. The number of carboxylic acids is 1. The second kappa shape index (κ2) is 3.37. The van der Waals surface area contributed by atoms with Crippen LogP contribution >= 0.6 is 0 Å². The lowest BCUT2D eigenvalue weighted by Gasteiger charge is -2.09. The summed E-state index contributed by atoms with van der Waals surface area (Å²) in [6.07, 6.45) is -8.15. The minimum atomic E-state index is -4.99. The predicted octanol–water partition coefficient (Wildman–Crippen LogP) is 1.72. The molecule has 0 radical (unpaired) electrons. The number of hydrogen-bond donors (Lipinski definition) is 1. The van der Waals surface area contributed by atoms with Crippen LogP contribution in [0.2, 0.25) is 0 Å². The van der Waals surface area contributed by atoms with E-state index in [2.05, 4.69) is 4.74 Å². The summed E-state index contributed by atoms with van der Waals surface area (Å²) in [7, 11) is 0. The SMILES string of the molecule is O=C(O)C(F)(F)OC(F)=C(F)F. The minimum Gasteiger partial charge on any atom is -0.474 e. The van der Waals surface area contributed by atoms with Crippen LogP contribution in [0.25, 0.3) is 0 Å². The van der Waals surface area contributed by atoms with Gasteiger partial charge in [0.05, 0.1) is 0 Å². The van der Waals surface area contributed by atoms with Crippen molar-refractivity contribution < 1.29 is 36.6 Å². The molecule has 0 aliphatic heterocycles. The number of carboxylic acid groups (broad SMARTS) is 1. The topological polar surface area (TPSA) is 46.5 Å². The number of ether oxygens (including phenoxy) is 1. The Balaban J connectivity index is 4.46. The van der Waals surface area contributed by atoms with Crippen molar-refractivity contribution in [2.75, 3.05) is 0 Å². The van der Waals surface area contributed by atoms with Gasteiger partial charge in [0.15, 0.2) is 0 Å². The summed E-state index contributed by atoms with van der Waals surface area (Å²) in [4.78, 5) is 9.47. The van der Waals surface area contributed by atoms with Crippen LogP contribution in [-0.4, -0.2) is 17.2 Å². The molecule has 0 bridgehead atoms. The first-order valence-corrected chi connectivity index (χ1v) is 2.28. The third-order valence-electron chi connectivity index (χ3n) is 0.615. The smallest absolute Gasteiger partial charge is 0.474 e. The zero-order chi connectivity index (χ0) is 9.94. The molecule has 0 unspecified atom stereocenters. The van der Waals surface area contributed by atoms with Gasteiger partial charge in [-0.3, -0.25) is 0 Å². The molecule has 0 saturated heterocycles. The number of alkyl halides is 2. The maximum atomic E-state index is 11.7. The molecule has 0 fully saturated rings. The first-order chi connectivity index (χ1) is 5.27. The third kappa shape index (κ3) is 2.72. The van der Waals surface area contributed by atoms with Crippen LogP contribution in [0.5, 0.6) is 0 Å². The van der Waals surface area contributed by atoms with Crippen LogP contribution in [0, 0.1) is 0 Å². The fourth-order valence-electron chi connectivity index (χ4n) is 0.195. The van der Waals surface area contributed by atoms with Crippen LogP contribution in [0.15, 0.2) is 12.1 Å². The molecule has 0 aromatic carbocycles. The van der Waals surface area contributed by atoms with Gasteiger partial charge >= 0.3 is 24.2 Å². The largest absolute Gasteiger partial charge is 0.503 e. The first-order valence-electron chi connectivity index (χ1n) is 2.28. The Bertz CT molecular complexity index is 219. The Labute approximate surface area is 62.0 Å². The molecule has 0 aromatic rings. The summed E-state index contributed by atoms with van der Waals surface area (Å²) in [5, 5.41) is 7.56. The van der Waals surface area contributed by atoms with Crippen LogP contribution < -0.4 is 0 Å². The van der Waals surface area contributed by atoms with E-state index >= 15 is 0 Å². The number of halogens is 5. The summed E-state index contributed by atoms with van der Waals surface area (Å²) < 4.78 is 59.6. The quantitative estimate of drug-likeness (QED) is 0.546. The van der Waals surface area contributed by atoms with Crippen molar-refractivity contribution in [2.24, 2.45) is 0 Å². The van der Waals surface area contributed by atoms with E-state index in [-0.39, 0.29) is 0 Å². The van der Waals surface area contributed by atoms with Gasteiger partial charge in [-0.2, -0.15) is 22.0 Å². The van der Waals surface area contributed by atoms with Gasteiger partial charge in [0.1, 0.15) is 0 Å². The molecule has 1 N–H and O–H groups in total. The zero-order valence-corrected chi connectivity index (χ0v) is 5.15. The molecule has 3 nitrogen and oxygen atoms in total. The van der Waals surface area contributed by atoms with E-state index in [9.17, 15) is 26.7 Å². The molecule has 0 atom stereocenters. The molecule has 0 aliphatic rings. The monoisotopic (exact) mass is 192 g/mol. The highest BCUT2D eigenvalue weighted by molar-refractivity contribution is 5.73. The minimum absolute atomic E-state index is 2.49. The maximum Gasteiger partial charge on any atom is 0.503 e. The maximum absolute atomic E-state index is 11.7. The van der Waals surface area contributed by atoms with Crippen molar-refractivity contribution in [1.82, 2.24) is 0 Å². The fourth-order valence-corrected chi connectivity index (χ4v) is 0.195. The first kappa shape index (κ1) is 10.7. The van der Waals surface area contributed by atoms with Crippen LogP contribution in [0.1, 0.15) is 0 Å². The second-order valence-corrected chi connectivity index (χ2v) is 1.46. The van der Waals surface area contributed by atoms with Crippen molar-refractivity contribution >= 4 is 5.97 Å². The standard InChI is InChI=1S/C4HF5O3/c5-1(6)2(7)12-4(8,9)3(10)11/h(H,10,11). The highest BCUT2D eigenvalue weighted by Gasteiger charge is 2.44. The Kier molecular flexibility index (Phi) is 2.99. The highest BCUT2D eigenvalue weighted by Crippen LogP contribution is 2.23. The average molecular weight is 192 g/mol. The van der Waals surface area contributed by atoms with Gasteiger partial charge in [0.25, 0.3) is 0 Å². The van der Waals surface area contributed by atoms with Gasteiger partial charge in [-0.1, -0.05) is 0 Å². The number of hydrogen-bond acceptors (Lipinski definition) is 2. The van der Waals surface area contributed by atoms with E-state index in [4.69, 9.17) is 5.11 Å². The zero-order valence-electron chi connectivity index (χ0n) is 5.15. The Morgan fingerprint density at radius 1 is 1.25 bits per heavy atom. The Hall–Kier alpha value is -1.34. The third-order valence-corrected chi connectivity index (χ3v) is 0.615. The van der Waals surface area contributed by atoms with Crippen LogP contribution in [-0.2, 0) is 9.53 Å². The van der Waals surface area contributed by atoms with Crippen molar-refractivity contribution in [3.63, 3.8) is 0 Å². The van der Waals surface area contributed by atoms with Crippen LogP contribution in [0.3, 0.4) is 0 Å². The Morgan fingerprint density at radius 2 is 1.67 bits per heavy atom. The fraction of sp³-hybridized carbons (Fsp3) is 0.250. The van der Waals surface area contributed by atoms with Crippen molar-refractivity contribution in [2.45, 2.75) is 6.11 Å². The number of aliphatic carboxylic acids is 1. The Morgan fingerprint density at radius 3 is 1.92 bits per heavy atom. The molecule has 12 heavy (non-hydrogen) atoms. The second-order valence-electron chi connectivity index (χ2n) is 1.46. The van der Waals surface area contributed by atoms with Gasteiger partial charge in [0, 0.05) is 0 Å². The number of carbonyl (C=O) groups is 1. The summed E-state index contributed by atoms with van der Waals surface area (Å²) >= 11 is 0. The molecule has 0 rings (SSSR count). The summed E-state index contributed by atoms with van der Waals surface area (Å²) in [6.45, 7) is 0. The van der Waals surface area contributed by atoms with E-state index in [1.807, 2.05) is 0 Å². The lowest BCUT2D eigenvalue weighted by molar-refractivity contribution is -0.239. The molecule has 70 valence electrons. The van der Waals surface area contributed by atoms with Gasteiger partial charge < -0.3 is 9.84 Å². The van der Waals surface area contributed by atoms with E-state index in [0.29, 0.717) is 0 Å². The van der Waals surface area contributed by atoms with E-state index in [0.717, 1.165) is 0 Å². The molecule has 0 aliphatic carbocycles. The number of rotatable bonds is 3. The predicted molar refractivity (Wildman–Crippen MR) is 24.0 cm³/mol. The molecular weight excluding hydrogens is 191 g/mol. The summed E-state index contributed by atoms with van der Waals surface area (Å²) in [5.74, 6) is -2.86. The van der Waals surface area contributed by atoms with E-state index in [1.165, 1.54) is 0 Å².